The summed E-state index contributed by atoms with van der Waals surface area (Å²) in [7, 11) is 0. The second kappa shape index (κ2) is 4.18. The van der Waals surface area contributed by atoms with Gasteiger partial charge in [-0.25, -0.2) is 0 Å². The van der Waals surface area contributed by atoms with E-state index in [-0.39, 0.29) is 0 Å². The molecule has 76 valence electrons. The van der Waals surface area contributed by atoms with Crippen molar-refractivity contribution < 1.29 is 4.42 Å². The maximum Gasteiger partial charge on any atom is 0.134 e. The number of fused-ring (bicyclic) bond motifs is 1. The van der Waals surface area contributed by atoms with Crippen LogP contribution in [0.2, 0.25) is 0 Å². The number of hydrogen-bond acceptors (Lipinski definition) is 1. The van der Waals surface area contributed by atoms with E-state index in [1.165, 1.54) is 5.57 Å². The first kappa shape index (κ1) is 9.78. The number of para-hydroxylation sites is 1. The third-order valence-corrected chi connectivity index (χ3v) is 2.22. The molecule has 0 unspecified atom stereocenters. The molecule has 0 radical (unpaired) electrons. The van der Waals surface area contributed by atoms with Crippen LogP contribution in [0.5, 0.6) is 0 Å². The summed E-state index contributed by atoms with van der Waals surface area (Å²) in [6, 6.07) is 8.06. The minimum Gasteiger partial charge on any atom is -0.464 e. The van der Waals surface area contributed by atoms with E-state index in [0.29, 0.717) is 0 Å². The molecule has 1 nitrogen and oxygen atoms in total. The van der Waals surface area contributed by atoms with Crippen LogP contribution in [0.1, 0.15) is 19.4 Å². The van der Waals surface area contributed by atoms with Gasteiger partial charge in [0.1, 0.15) is 5.58 Å². The summed E-state index contributed by atoms with van der Waals surface area (Å²) >= 11 is 0. The van der Waals surface area contributed by atoms with Crippen LogP contribution in [-0.4, -0.2) is 0 Å². The lowest BCUT2D eigenvalue weighted by molar-refractivity contribution is 0.615. The van der Waals surface area contributed by atoms with Crippen molar-refractivity contribution in [3.05, 3.63) is 53.8 Å². The maximum absolute atomic E-state index is 5.43. The molecular weight excluding hydrogens is 184 g/mol. The minimum absolute atomic E-state index is 0.939. The van der Waals surface area contributed by atoms with E-state index in [4.69, 9.17) is 4.42 Å². The van der Waals surface area contributed by atoms with Crippen molar-refractivity contribution >= 4 is 17.0 Å². The fourth-order valence-electron chi connectivity index (χ4n) is 1.47. The molecule has 1 aromatic heterocycles. The Labute approximate surface area is 89.7 Å². The third-order valence-electron chi connectivity index (χ3n) is 2.22. The molecule has 1 heterocycles. The Bertz CT molecular complexity index is 511. The van der Waals surface area contributed by atoms with Crippen LogP contribution >= 0.6 is 0 Å². The Kier molecular flexibility index (Phi) is 2.72. The van der Waals surface area contributed by atoms with Crippen molar-refractivity contribution in [2.75, 3.05) is 0 Å². The van der Waals surface area contributed by atoms with Crippen molar-refractivity contribution in [2.45, 2.75) is 13.8 Å². The highest BCUT2D eigenvalue weighted by molar-refractivity contribution is 5.87. The second-order valence-electron chi connectivity index (χ2n) is 3.79. The van der Waals surface area contributed by atoms with Gasteiger partial charge in [0.25, 0.3) is 0 Å². The Balaban J connectivity index is 2.37. The fourth-order valence-corrected chi connectivity index (χ4v) is 1.47. The minimum atomic E-state index is 0.939. The van der Waals surface area contributed by atoms with Gasteiger partial charge in [0.05, 0.1) is 6.26 Å². The van der Waals surface area contributed by atoms with E-state index in [2.05, 4.69) is 32.1 Å². The van der Waals surface area contributed by atoms with Gasteiger partial charge in [0, 0.05) is 10.9 Å². The summed E-state index contributed by atoms with van der Waals surface area (Å²) in [4.78, 5) is 0. The summed E-state index contributed by atoms with van der Waals surface area (Å²) in [5, 5.41) is 1.16. The summed E-state index contributed by atoms with van der Waals surface area (Å²) in [6.45, 7) is 4.16. The molecule has 0 aliphatic carbocycles. The Morgan fingerprint density at radius 2 is 2.00 bits per heavy atom. The summed E-state index contributed by atoms with van der Waals surface area (Å²) < 4.78 is 5.43. The molecule has 0 saturated carbocycles. The lowest BCUT2D eigenvalue weighted by Gasteiger charge is -1.88. The van der Waals surface area contributed by atoms with Gasteiger partial charge >= 0.3 is 0 Å². The SMILES string of the molecule is CC(C)=C/C=C\c1coc2ccccc12. The zero-order valence-electron chi connectivity index (χ0n) is 9.03. The molecule has 0 saturated heterocycles. The Morgan fingerprint density at radius 1 is 1.20 bits per heavy atom. The van der Waals surface area contributed by atoms with Gasteiger partial charge in [0.2, 0.25) is 0 Å². The van der Waals surface area contributed by atoms with Crippen molar-refractivity contribution in [1.29, 1.82) is 0 Å². The quantitative estimate of drug-likeness (QED) is 0.651. The third kappa shape index (κ3) is 2.18. The van der Waals surface area contributed by atoms with Gasteiger partial charge in [-0.1, -0.05) is 42.0 Å². The molecule has 0 spiro atoms. The topological polar surface area (TPSA) is 13.1 Å². The molecule has 0 amide bonds. The number of allylic oxidation sites excluding steroid dienone is 3. The van der Waals surface area contributed by atoms with Crippen molar-refractivity contribution in [2.24, 2.45) is 0 Å². The number of hydrogen-bond donors (Lipinski definition) is 0. The Morgan fingerprint density at radius 3 is 2.80 bits per heavy atom. The van der Waals surface area contributed by atoms with Crippen molar-refractivity contribution in [3.8, 4) is 0 Å². The maximum atomic E-state index is 5.43. The fraction of sp³-hybridized carbons (Fsp3) is 0.143. The van der Waals surface area contributed by atoms with Crippen molar-refractivity contribution in [1.82, 2.24) is 0 Å². The second-order valence-corrected chi connectivity index (χ2v) is 3.79. The lowest BCUT2D eigenvalue weighted by atomic mass is 10.1. The zero-order chi connectivity index (χ0) is 10.7. The average molecular weight is 198 g/mol. The number of furan rings is 1. The van der Waals surface area contributed by atoms with E-state index in [1.54, 1.807) is 6.26 Å². The van der Waals surface area contributed by atoms with Gasteiger partial charge in [0.15, 0.2) is 0 Å². The highest BCUT2D eigenvalue weighted by Crippen LogP contribution is 2.21. The molecule has 0 bridgehead atoms. The van der Waals surface area contributed by atoms with Gasteiger partial charge < -0.3 is 4.42 Å². The van der Waals surface area contributed by atoms with Crippen LogP contribution in [0, 0.1) is 0 Å². The van der Waals surface area contributed by atoms with Crippen LogP contribution in [-0.2, 0) is 0 Å². The zero-order valence-corrected chi connectivity index (χ0v) is 9.03. The first-order chi connectivity index (χ1) is 7.27. The predicted molar refractivity (Wildman–Crippen MR) is 64.7 cm³/mol. The highest BCUT2D eigenvalue weighted by atomic mass is 16.3. The average Bonchev–Trinajstić information content (AvgIpc) is 2.62. The monoisotopic (exact) mass is 198 g/mol. The van der Waals surface area contributed by atoms with Gasteiger partial charge in [-0.05, 0) is 19.9 Å². The molecular formula is C14H14O. The van der Waals surface area contributed by atoms with Gasteiger partial charge in [-0.15, -0.1) is 0 Å². The number of benzene rings is 1. The molecule has 15 heavy (non-hydrogen) atoms. The van der Waals surface area contributed by atoms with E-state index in [1.807, 2.05) is 24.3 Å². The van der Waals surface area contributed by atoms with Crippen LogP contribution < -0.4 is 0 Å². The molecule has 1 aromatic carbocycles. The normalized spacial score (nSPS) is 11.1. The van der Waals surface area contributed by atoms with E-state index >= 15 is 0 Å². The summed E-state index contributed by atoms with van der Waals surface area (Å²) in [5.74, 6) is 0. The van der Waals surface area contributed by atoms with Gasteiger partial charge in [-0.3, -0.25) is 0 Å². The number of rotatable bonds is 2. The predicted octanol–water partition coefficient (Wildman–Crippen LogP) is 4.41. The van der Waals surface area contributed by atoms with E-state index in [9.17, 15) is 0 Å². The summed E-state index contributed by atoms with van der Waals surface area (Å²) in [5.41, 5.74) is 3.36. The first-order valence-corrected chi connectivity index (χ1v) is 5.05. The molecule has 0 aliphatic rings. The largest absolute Gasteiger partial charge is 0.464 e. The molecule has 0 N–H and O–H groups in total. The van der Waals surface area contributed by atoms with Crippen LogP contribution in [0.4, 0.5) is 0 Å². The molecule has 0 atom stereocenters. The molecule has 0 aliphatic heterocycles. The van der Waals surface area contributed by atoms with Gasteiger partial charge in [-0.2, -0.15) is 0 Å². The summed E-state index contributed by atoms with van der Waals surface area (Å²) in [6.07, 6.45) is 7.99. The Hall–Kier alpha value is -1.76. The van der Waals surface area contributed by atoms with Crippen LogP contribution in [0.25, 0.3) is 17.0 Å². The molecule has 1 heteroatoms. The lowest BCUT2D eigenvalue weighted by Crippen LogP contribution is -1.67. The molecule has 0 fully saturated rings. The standard InChI is InChI=1S/C14H14O/c1-11(2)6-5-7-12-10-15-14-9-4-3-8-13(12)14/h3-10H,1-2H3/b7-5-. The first-order valence-electron chi connectivity index (χ1n) is 5.05. The van der Waals surface area contributed by atoms with E-state index < -0.39 is 0 Å². The van der Waals surface area contributed by atoms with Crippen LogP contribution in [0.3, 0.4) is 0 Å². The molecule has 2 aromatic rings. The smallest absolute Gasteiger partial charge is 0.134 e. The van der Waals surface area contributed by atoms with Crippen LogP contribution in [0.15, 0.2) is 52.7 Å². The van der Waals surface area contributed by atoms with Crippen molar-refractivity contribution in [3.63, 3.8) is 0 Å². The van der Waals surface area contributed by atoms with E-state index in [0.717, 1.165) is 16.5 Å². The molecule has 2 rings (SSSR count). The highest BCUT2D eigenvalue weighted by Gasteiger charge is 1.99.